The predicted octanol–water partition coefficient (Wildman–Crippen LogP) is 1.68. The van der Waals surface area contributed by atoms with E-state index in [-0.39, 0.29) is 6.04 Å². The zero-order chi connectivity index (χ0) is 11.8. The molecule has 0 fully saturated rings. The molecule has 3 heterocycles. The second-order valence-corrected chi connectivity index (χ2v) is 4.97. The maximum Gasteiger partial charge on any atom is 0.174 e. The van der Waals surface area contributed by atoms with E-state index in [1.165, 1.54) is 0 Å². The molecule has 90 valence electrons. The topological polar surface area (TPSA) is 52.0 Å². The average Bonchev–Trinajstić information content (AvgIpc) is 2.94. The molecular weight excluding hydrogens is 236 g/mol. The molecule has 0 saturated heterocycles. The van der Waals surface area contributed by atoms with Crippen molar-refractivity contribution < 1.29 is 4.74 Å². The van der Waals surface area contributed by atoms with Crippen molar-refractivity contribution in [3.05, 3.63) is 17.3 Å². The van der Waals surface area contributed by atoms with Gasteiger partial charge in [-0.15, -0.1) is 21.5 Å². The Morgan fingerprint density at radius 1 is 1.53 bits per heavy atom. The van der Waals surface area contributed by atoms with Crippen molar-refractivity contribution in [3.8, 4) is 16.5 Å². The maximum absolute atomic E-state index is 5.20. The van der Waals surface area contributed by atoms with Crippen LogP contribution in [0.4, 0.5) is 0 Å². The third kappa shape index (κ3) is 1.73. The molecule has 0 amide bonds. The van der Waals surface area contributed by atoms with Gasteiger partial charge in [0.1, 0.15) is 11.6 Å². The van der Waals surface area contributed by atoms with Crippen LogP contribution in [-0.4, -0.2) is 28.4 Å². The van der Waals surface area contributed by atoms with Crippen LogP contribution in [0, 0.1) is 0 Å². The average molecular weight is 250 g/mol. The van der Waals surface area contributed by atoms with E-state index in [1.807, 2.05) is 11.4 Å². The first-order valence-corrected chi connectivity index (χ1v) is 6.47. The van der Waals surface area contributed by atoms with E-state index >= 15 is 0 Å². The fourth-order valence-electron chi connectivity index (χ4n) is 2.07. The highest BCUT2D eigenvalue weighted by Gasteiger charge is 2.22. The first-order chi connectivity index (χ1) is 8.29. The number of thiophene rings is 1. The summed E-state index contributed by atoms with van der Waals surface area (Å²) in [5.41, 5.74) is 0. The number of ether oxygens (including phenoxy) is 1. The van der Waals surface area contributed by atoms with Crippen LogP contribution in [-0.2, 0) is 6.54 Å². The molecule has 0 aromatic carbocycles. The standard InChI is InChI=1S/C11H14N4OS/c1-7-10-13-14-11(15(10)4-3-12-7)9-5-8(16-2)6-17-9/h5-7,12H,3-4H2,1-2H3. The van der Waals surface area contributed by atoms with Gasteiger partial charge in [0.25, 0.3) is 0 Å². The van der Waals surface area contributed by atoms with Crippen molar-refractivity contribution in [2.24, 2.45) is 0 Å². The van der Waals surface area contributed by atoms with Gasteiger partial charge in [0.2, 0.25) is 0 Å². The Kier molecular flexibility index (Phi) is 2.60. The molecule has 0 radical (unpaired) electrons. The Hall–Kier alpha value is -1.40. The lowest BCUT2D eigenvalue weighted by molar-refractivity contribution is 0.416. The molecule has 0 aliphatic carbocycles. The van der Waals surface area contributed by atoms with Crippen LogP contribution in [0.5, 0.6) is 5.75 Å². The van der Waals surface area contributed by atoms with Crippen LogP contribution in [0.25, 0.3) is 10.7 Å². The number of nitrogens with zero attached hydrogens (tertiary/aromatic N) is 3. The summed E-state index contributed by atoms with van der Waals surface area (Å²) in [6, 6.07) is 2.28. The van der Waals surface area contributed by atoms with Crippen molar-refractivity contribution in [2.75, 3.05) is 13.7 Å². The summed E-state index contributed by atoms with van der Waals surface area (Å²) < 4.78 is 7.39. The van der Waals surface area contributed by atoms with E-state index in [0.717, 1.165) is 35.4 Å². The number of aromatic nitrogens is 3. The minimum atomic E-state index is 0.270. The van der Waals surface area contributed by atoms with Crippen molar-refractivity contribution in [1.29, 1.82) is 0 Å². The summed E-state index contributed by atoms with van der Waals surface area (Å²) in [6.07, 6.45) is 0. The van der Waals surface area contributed by atoms with Crippen LogP contribution in [0.3, 0.4) is 0 Å². The Bertz CT molecular complexity index is 533. The number of hydrogen-bond acceptors (Lipinski definition) is 5. The number of fused-ring (bicyclic) bond motifs is 1. The van der Waals surface area contributed by atoms with Gasteiger partial charge in [-0.25, -0.2) is 0 Å². The van der Waals surface area contributed by atoms with Crippen molar-refractivity contribution in [1.82, 2.24) is 20.1 Å². The Labute approximate surface area is 103 Å². The molecule has 1 unspecified atom stereocenters. The summed E-state index contributed by atoms with van der Waals surface area (Å²) in [5, 5.41) is 13.9. The van der Waals surface area contributed by atoms with Gasteiger partial charge in [-0.3, -0.25) is 0 Å². The molecule has 2 aromatic rings. The fourth-order valence-corrected chi connectivity index (χ4v) is 2.91. The molecular formula is C11H14N4OS. The smallest absolute Gasteiger partial charge is 0.174 e. The van der Waals surface area contributed by atoms with E-state index < -0.39 is 0 Å². The molecule has 0 saturated carbocycles. The van der Waals surface area contributed by atoms with Gasteiger partial charge in [-0.05, 0) is 6.92 Å². The quantitative estimate of drug-likeness (QED) is 0.881. The van der Waals surface area contributed by atoms with Crippen LogP contribution in [0.1, 0.15) is 18.8 Å². The molecule has 5 nitrogen and oxygen atoms in total. The third-order valence-electron chi connectivity index (χ3n) is 2.98. The lowest BCUT2D eigenvalue weighted by Gasteiger charge is -2.21. The van der Waals surface area contributed by atoms with E-state index in [4.69, 9.17) is 4.74 Å². The monoisotopic (exact) mass is 250 g/mol. The highest BCUT2D eigenvalue weighted by atomic mass is 32.1. The summed E-state index contributed by atoms with van der Waals surface area (Å²) >= 11 is 1.64. The molecule has 1 atom stereocenters. The van der Waals surface area contributed by atoms with Crippen LogP contribution < -0.4 is 10.1 Å². The third-order valence-corrected chi connectivity index (χ3v) is 3.89. The van der Waals surface area contributed by atoms with E-state index in [1.54, 1.807) is 18.4 Å². The van der Waals surface area contributed by atoms with Crippen molar-refractivity contribution in [2.45, 2.75) is 19.5 Å². The van der Waals surface area contributed by atoms with Crippen molar-refractivity contribution >= 4 is 11.3 Å². The number of hydrogen-bond donors (Lipinski definition) is 1. The molecule has 2 aromatic heterocycles. The first-order valence-electron chi connectivity index (χ1n) is 5.59. The van der Waals surface area contributed by atoms with Crippen LogP contribution in [0.2, 0.25) is 0 Å². The van der Waals surface area contributed by atoms with Crippen molar-refractivity contribution in [3.63, 3.8) is 0 Å². The summed E-state index contributed by atoms with van der Waals surface area (Å²) in [5.74, 6) is 2.84. The zero-order valence-electron chi connectivity index (χ0n) is 9.80. The zero-order valence-corrected chi connectivity index (χ0v) is 10.6. The highest BCUT2D eigenvalue weighted by Crippen LogP contribution is 2.31. The molecule has 0 bridgehead atoms. The Balaban J connectivity index is 2.03. The van der Waals surface area contributed by atoms with Gasteiger partial charge in [0, 0.05) is 24.5 Å². The lowest BCUT2D eigenvalue weighted by Crippen LogP contribution is -2.32. The molecule has 6 heteroatoms. The molecule has 0 spiro atoms. The second-order valence-electron chi connectivity index (χ2n) is 4.06. The molecule has 1 N–H and O–H groups in total. The van der Waals surface area contributed by atoms with Crippen LogP contribution >= 0.6 is 11.3 Å². The highest BCUT2D eigenvalue weighted by molar-refractivity contribution is 7.13. The van der Waals surface area contributed by atoms with Gasteiger partial charge in [-0.2, -0.15) is 0 Å². The molecule has 1 aliphatic rings. The van der Waals surface area contributed by atoms with Gasteiger partial charge in [0.05, 0.1) is 18.0 Å². The van der Waals surface area contributed by atoms with Crippen LogP contribution in [0.15, 0.2) is 11.4 Å². The number of methoxy groups -OCH3 is 1. The largest absolute Gasteiger partial charge is 0.496 e. The fraction of sp³-hybridized carbons (Fsp3) is 0.455. The summed E-state index contributed by atoms with van der Waals surface area (Å²) in [7, 11) is 1.68. The predicted molar refractivity (Wildman–Crippen MR) is 66.3 cm³/mol. The SMILES string of the molecule is COc1csc(-c2nnc3n2CCNC3C)c1. The van der Waals surface area contributed by atoms with Gasteiger partial charge in [0.15, 0.2) is 5.82 Å². The van der Waals surface area contributed by atoms with Gasteiger partial charge < -0.3 is 14.6 Å². The minimum absolute atomic E-state index is 0.270. The minimum Gasteiger partial charge on any atom is -0.496 e. The van der Waals surface area contributed by atoms with Gasteiger partial charge >= 0.3 is 0 Å². The molecule has 3 rings (SSSR count). The number of nitrogens with one attached hydrogen (secondary N) is 1. The maximum atomic E-state index is 5.20. The summed E-state index contributed by atoms with van der Waals surface area (Å²) in [6.45, 7) is 3.99. The first kappa shape index (κ1) is 10.7. The lowest BCUT2D eigenvalue weighted by atomic mass is 10.2. The van der Waals surface area contributed by atoms with E-state index in [2.05, 4.69) is 27.0 Å². The normalized spacial score (nSPS) is 19.1. The Morgan fingerprint density at radius 3 is 3.18 bits per heavy atom. The van der Waals surface area contributed by atoms with E-state index in [0.29, 0.717) is 0 Å². The molecule has 17 heavy (non-hydrogen) atoms. The molecule has 1 aliphatic heterocycles. The second kappa shape index (κ2) is 4.12. The van der Waals surface area contributed by atoms with Gasteiger partial charge in [-0.1, -0.05) is 0 Å². The Morgan fingerprint density at radius 2 is 2.41 bits per heavy atom. The van der Waals surface area contributed by atoms with E-state index in [9.17, 15) is 0 Å². The number of rotatable bonds is 2. The summed E-state index contributed by atoms with van der Waals surface area (Å²) in [4.78, 5) is 1.11.